The quantitative estimate of drug-likeness (QED) is 0.520. The molecule has 4 heterocycles. The molecule has 3 fully saturated rings. The zero-order valence-electron chi connectivity index (χ0n) is 17.2. The van der Waals surface area contributed by atoms with Crippen molar-refractivity contribution in [3.8, 4) is 0 Å². The molecule has 1 N–H and O–H groups in total. The van der Waals surface area contributed by atoms with Gasteiger partial charge < -0.3 is 14.3 Å². The van der Waals surface area contributed by atoms with Crippen LogP contribution in [0, 0.1) is 11.8 Å². The van der Waals surface area contributed by atoms with Gasteiger partial charge in [-0.1, -0.05) is 54.6 Å². The van der Waals surface area contributed by atoms with Gasteiger partial charge >= 0.3 is 0 Å². The Morgan fingerprint density at radius 3 is 2.67 bits per heavy atom. The summed E-state index contributed by atoms with van der Waals surface area (Å²) in [6, 6.07) is 21.2. The SMILES string of the molecule is C=C[C@H]1C[N@+]2(Cc3ccccc3)CC[C@H]1CC2[C@@H](O)c1ccnc2ccccc12.[F-]. The van der Waals surface area contributed by atoms with E-state index in [-0.39, 0.29) is 10.7 Å². The molecule has 3 aliphatic rings. The van der Waals surface area contributed by atoms with E-state index >= 15 is 0 Å². The number of piperidine rings is 3. The number of nitrogens with zero attached hydrogens (tertiary/aromatic N) is 2. The summed E-state index contributed by atoms with van der Waals surface area (Å²) >= 11 is 0. The fourth-order valence-corrected chi connectivity index (χ4v) is 5.91. The normalized spacial score (nSPS) is 28.6. The van der Waals surface area contributed by atoms with Gasteiger partial charge in [-0.05, 0) is 23.6 Å². The highest BCUT2D eigenvalue weighted by Crippen LogP contribution is 2.47. The highest BCUT2D eigenvalue weighted by atomic mass is 19.0. The van der Waals surface area contributed by atoms with Crippen molar-refractivity contribution in [1.29, 1.82) is 0 Å². The Hall–Kier alpha value is -2.56. The number of rotatable bonds is 5. The molecule has 2 aromatic carbocycles. The molecule has 30 heavy (non-hydrogen) atoms. The molecule has 4 heteroatoms. The van der Waals surface area contributed by atoms with Crippen LogP contribution in [0.15, 0.2) is 79.5 Å². The number of fused-ring (bicyclic) bond motifs is 4. The highest BCUT2D eigenvalue weighted by Gasteiger charge is 2.53. The van der Waals surface area contributed by atoms with Crippen molar-refractivity contribution in [3.05, 3.63) is 90.6 Å². The molecule has 156 valence electrons. The molecule has 0 aliphatic carbocycles. The van der Waals surface area contributed by atoms with Crippen LogP contribution in [-0.2, 0) is 6.54 Å². The van der Waals surface area contributed by atoms with Gasteiger partial charge in [0.05, 0.1) is 18.6 Å². The van der Waals surface area contributed by atoms with E-state index < -0.39 is 6.10 Å². The number of aliphatic hydroxyl groups excluding tert-OH is 1. The molecule has 1 unspecified atom stereocenters. The minimum absolute atomic E-state index is 0. The molecule has 0 spiro atoms. The van der Waals surface area contributed by atoms with Gasteiger partial charge in [0, 0.05) is 35.9 Å². The molecule has 0 radical (unpaired) electrons. The number of hydrogen-bond acceptors (Lipinski definition) is 2. The summed E-state index contributed by atoms with van der Waals surface area (Å²) in [4.78, 5) is 4.50. The Labute approximate surface area is 177 Å². The van der Waals surface area contributed by atoms with Gasteiger partial charge in [0.2, 0.25) is 0 Å². The number of benzene rings is 2. The zero-order valence-corrected chi connectivity index (χ0v) is 17.2. The van der Waals surface area contributed by atoms with Crippen molar-refractivity contribution in [3.63, 3.8) is 0 Å². The summed E-state index contributed by atoms with van der Waals surface area (Å²) in [7, 11) is 0. The molecular weight excluding hydrogens is 375 g/mol. The number of para-hydroxylation sites is 1. The van der Waals surface area contributed by atoms with Gasteiger partial charge in [0.1, 0.15) is 18.7 Å². The molecule has 0 amide bonds. The van der Waals surface area contributed by atoms with E-state index in [4.69, 9.17) is 0 Å². The molecule has 5 atom stereocenters. The van der Waals surface area contributed by atoms with E-state index in [0.717, 1.165) is 47.0 Å². The molecular formula is C26H29FN2O. The smallest absolute Gasteiger partial charge is 0.131 e. The summed E-state index contributed by atoms with van der Waals surface area (Å²) < 4.78 is 0.953. The van der Waals surface area contributed by atoms with Crippen molar-refractivity contribution < 1.29 is 14.3 Å². The summed E-state index contributed by atoms with van der Waals surface area (Å²) in [5.41, 5.74) is 3.33. The molecule has 6 rings (SSSR count). The van der Waals surface area contributed by atoms with Crippen LogP contribution in [-0.4, -0.2) is 33.7 Å². The Balaban J connectivity index is 0.00000218. The Morgan fingerprint density at radius 1 is 1.10 bits per heavy atom. The van der Waals surface area contributed by atoms with Gasteiger partial charge in [-0.15, -0.1) is 6.58 Å². The maximum absolute atomic E-state index is 11.7. The van der Waals surface area contributed by atoms with Crippen LogP contribution in [0.3, 0.4) is 0 Å². The van der Waals surface area contributed by atoms with Crippen LogP contribution in [0.5, 0.6) is 0 Å². The van der Waals surface area contributed by atoms with Gasteiger partial charge in [-0.3, -0.25) is 4.98 Å². The lowest BCUT2D eigenvalue weighted by Crippen LogP contribution is -3.00. The lowest BCUT2D eigenvalue weighted by atomic mass is 9.71. The maximum Gasteiger partial charge on any atom is 0.131 e. The topological polar surface area (TPSA) is 33.1 Å². The Bertz CT molecular complexity index is 1020. The molecule has 3 aliphatic heterocycles. The third-order valence-corrected chi connectivity index (χ3v) is 7.38. The fraction of sp³-hybridized carbons (Fsp3) is 0.346. The predicted octanol–water partition coefficient (Wildman–Crippen LogP) is 1.88. The Morgan fingerprint density at radius 2 is 1.87 bits per heavy atom. The number of pyridine rings is 1. The number of aliphatic hydroxyl groups is 1. The van der Waals surface area contributed by atoms with Crippen molar-refractivity contribution in [2.24, 2.45) is 11.8 Å². The van der Waals surface area contributed by atoms with Crippen molar-refractivity contribution >= 4 is 10.9 Å². The predicted molar refractivity (Wildman–Crippen MR) is 117 cm³/mol. The second kappa shape index (κ2) is 8.29. The first-order valence-electron chi connectivity index (χ1n) is 10.7. The van der Waals surface area contributed by atoms with Crippen LogP contribution in [0.2, 0.25) is 0 Å². The van der Waals surface area contributed by atoms with Crippen LogP contribution in [0.1, 0.15) is 30.1 Å². The number of halogens is 1. The van der Waals surface area contributed by atoms with Crippen LogP contribution in [0.25, 0.3) is 10.9 Å². The first-order valence-corrected chi connectivity index (χ1v) is 10.7. The maximum atomic E-state index is 11.7. The molecule has 3 nitrogen and oxygen atoms in total. The summed E-state index contributed by atoms with van der Waals surface area (Å²) in [6.45, 7) is 7.32. The van der Waals surface area contributed by atoms with E-state index in [1.165, 1.54) is 12.0 Å². The van der Waals surface area contributed by atoms with Crippen molar-refractivity contribution in [2.45, 2.75) is 31.5 Å². The standard InChI is InChI=1S/C26H29N2O.FH/c1-2-20-18-28(17-19-8-4-3-5-9-19)15-13-21(20)16-25(28)26(29)23-12-14-27-24-11-7-6-10-22(23)24;/h2-12,14,20-21,25-26,29H,1,13,15-18H2;1H/q+1;/p-1/t20-,21-,25?,26-,28+;/m0./s1. The number of aromatic nitrogens is 1. The largest absolute Gasteiger partial charge is 1.00 e. The van der Waals surface area contributed by atoms with E-state index in [1.807, 2.05) is 30.5 Å². The first-order chi connectivity index (χ1) is 14.2. The Kier molecular flexibility index (Phi) is 5.72. The minimum Gasteiger partial charge on any atom is -1.00 e. The van der Waals surface area contributed by atoms with Gasteiger partial charge in [0.15, 0.2) is 0 Å². The zero-order chi connectivity index (χ0) is 19.8. The molecule has 3 saturated heterocycles. The minimum atomic E-state index is -0.486. The summed E-state index contributed by atoms with van der Waals surface area (Å²) in [6.07, 6.45) is 5.79. The highest BCUT2D eigenvalue weighted by molar-refractivity contribution is 5.82. The van der Waals surface area contributed by atoms with Gasteiger partial charge in [0.25, 0.3) is 0 Å². The fourth-order valence-electron chi connectivity index (χ4n) is 5.91. The molecule has 0 saturated carbocycles. The van der Waals surface area contributed by atoms with E-state index in [9.17, 15) is 5.11 Å². The first kappa shape index (κ1) is 20.7. The molecule has 1 aromatic heterocycles. The summed E-state index contributed by atoms with van der Waals surface area (Å²) in [5, 5.41) is 12.8. The number of hydrogen-bond donors (Lipinski definition) is 1. The number of quaternary nitrogens is 1. The monoisotopic (exact) mass is 404 g/mol. The van der Waals surface area contributed by atoms with Crippen LogP contribution < -0.4 is 4.70 Å². The average molecular weight is 405 g/mol. The summed E-state index contributed by atoms with van der Waals surface area (Å²) in [5.74, 6) is 1.18. The van der Waals surface area contributed by atoms with Crippen LogP contribution >= 0.6 is 0 Å². The third kappa shape index (κ3) is 3.44. The second-order valence-electron chi connectivity index (χ2n) is 8.88. The lowest BCUT2D eigenvalue weighted by molar-refractivity contribution is -0.984. The lowest BCUT2D eigenvalue weighted by Gasteiger charge is -2.58. The molecule has 2 bridgehead atoms. The van der Waals surface area contributed by atoms with Crippen molar-refractivity contribution in [1.82, 2.24) is 4.98 Å². The van der Waals surface area contributed by atoms with Gasteiger partial charge in [-0.2, -0.15) is 0 Å². The van der Waals surface area contributed by atoms with Gasteiger partial charge in [-0.25, -0.2) is 0 Å². The van der Waals surface area contributed by atoms with E-state index in [1.54, 1.807) is 0 Å². The van der Waals surface area contributed by atoms with Crippen molar-refractivity contribution in [2.75, 3.05) is 13.1 Å². The van der Waals surface area contributed by atoms with Crippen LogP contribution in [0.4, 0.5) is 0 Å². The molecule has 3 aromatic rings. The van der Waals surface area contributed by atoms with E-state index in [2.05, 4.69) is 54.0 Å². The van der Waals surface area contributed by atoms with E-state index in [0.29, 0.717) is 11.8 Å². The average Bonchev–Trinajstić information content (AvgIpc) is 2.78. The third-order valence-electron chi connectivity index (χ3n) is 7.38. The second-order valence-corrected chi connectivity index (χ2v) is 8.88.